The number of nitrogens with zero attached hydrogens (tertiary/aromatic N) is 5. The number of halogens is 1. The number of rotatable bonds is 4. The molecule has 11 heteroatoms. The number of aromatic nitrogens is 3. The zero-order valence-corrected chi connectivity index (χ0v) is 18.6. The van der Waals surface area contributed by atoms with Crippen molar-refractivity contribution in [1.29, 1.82) is 0 Å². The third kappa shape index (κ3) is 4.06. The zero-order valence-electron chi connectivity index (χ0n) is 17.7. The molecule has 5 heterocycles. The van der Waals surface area contributed by atoms with E-state index in [1.54, 1.807) is 32.2 Å². The standard InChI is InChI=1S/C21H23N7O3.ClH/c1-21(2)19(29)28(17-4-3-11-30-17)18-15(31-21)13-24-20(26-18)25-16-6-5-14(12-23-16)27-9-7-22-8-10-27;/h3-6,11-13,22H,7-10H2,1-2H3,(H,23,24,25,26);1H. The van der Waals surface area contributed by atoms with E-state index in [9.17, 15) is 4.79 Å². The second-order valence-corrected chi connectivity index (χ2v) is 7.85. The largest absolute Gasteiger partial charge is 0.472 e. The summed E-state index contributed by atoms with van der Waals surface area (Å²) in [5.41, 5.74) is 0.00282. The maximum absolute atomic E-state index is 13.0. The minimum atomic E-state index is -1.07. The summed E-state index contributed by atoms with van der Waals surface area (Å²) in [7, 11) is 0. The summed E-state index contributed by atoms with van der Waals surface area (Å²) in [4.78, 5) is 30.0. The van der Waals surface area contributed by atoms with Crippen LogP contribution in [-0.4, -0.2) is 52.6 Å². The molecule has 0 saturated carbocycles. The Morgan fingerprint density at radius 2 is 1.94 bits per heavy atom. The van der Waals surface area contributed by atoms with Gasteiger partial charge < -0.3 is 24.7 Å². The molecule has 2 aliphatic heterocycles. The number of fused-ring (bicyclic) bond motifs is 1. The number of nitrogens with one attached hydrogen (secondary N) is 2. The summed E-state index contributed by atoms with van der Waals surface area (Å²) in [5.74, 6) is 1.70. The van der Waals surface area contributed by atoms with Gasteiger partial charge in [0.05, 0.1) is 24.3 Å². The Morgan fingerprint density at radius 1 is 1.12 bits per heavy atom. The summed E-state index contributed by atoms with van der Waals surface area (Å²) >= 11 is 0. The molecular formula is C21H24ClN7O3. The predicted octanol–water partition coefficient (Wildman–Crippen LogP) is 2.88. The van der Waals surface area contributed by atoms with Crippen molar-refractivity contribution in [3.05, 3.63) is 42.9 Å². The van der Waals surface area contributed by atoms with E-state index >= 15 is 0 Å². The van der Waals surface area contributed by atoms with Gasteiger partial charge in [0.15, 0.2) is 17.2 Å². The smallest absolute Gasteiger partial charge is 0.278 e. The van der Waals surface area contributed by atoms with Gasteiger partial charge in [-0.25, -0.2) is 14.9 Å². The van der Waals surface area contributed by atoms with Crippen LogP contribution >= 0.6 is 12.4 Å². The van der Waals surface area contributed by atoms with Gasteiger partial charge in [0.2, 0.25) is 11.8 Å². The predicted molar refractivity (Wildman–Crippen MR) is 122 cm³/mol. The van der Waals surface area contributed by atoms with Gasteiger partial charge in [-0.1, -0.05) is 0 Å². The van der Waals surface area contributed by atoms with Crippen molar-refractivity contribution in [2.75, 3.05) is 41.3 Å². The monoisotopic (exact) mass is 457 g/mol. The molecule has 3 aromatic heterocycles. The van der Waals surface area contributed by atoms with Crippen LogP contribution in [0, 0.1) is 0 Å². The molecule has 3 aromatic rings. The topological polar surface area (TPSA) is 109 Å². The fourth-order valence-corrected chi connectivity index (χ4v) is 3.62. The van der Waals surface area contributed by atoms with Crippen molar-refractivity contribution in [3.63, 3.8) is 0 Å². The second kappa shape index (κ2) is 8.64. The van der Waals surface area contributed by atoms with Crippen molar-refractivity contribution in [2.45, 2.75) is 19.4 Å². The Bertz CT molecular complexity index is 1080. The first-order valence-electron chi connectivity index (χ1n) is 10.1. The van der Waals surface area contributed by atoms with Gasteiger partial charge in [-0.2, -0.15) is 4.98 Å². The third-order valence-corrected chi connectivity index (χ3v) is 5.23. The van der Waals surface area contributed by atoms with Crippen LogP contribution in [0.15, 0.2) is 47.3 Å². The third-order valence-electron chi connectivity index (χ3n) is 5.23. The van der Waals surface area contributed by atoms with E-state index in [-0.39, 0.29) is 18.3 Å². The van der Waals surface area contributed by atoms with Crippen LogP contribution in [-0.2, 0) is 4.79 Å². The van der Waals surface area contributed by atoms with Gasteiger partial charge in [-0.3, -0.25) is 4.79 Å². The first-order chi connectivity index (χ1) is 15.0. The molecule has 0 unspecified atom stereocenters. The highest BCUT2D eigenvalue weighted by molar-refractivity contribution is 6.06. The molecule has 0 atom stereocenters. The molecular weight excluding hydrogens is 434 g/mol. The molecule has 5 rings (SSSR count). The van der Waals surface area contributed by atoms with Crippen LogP contribution in [0.2, 0.25) is 0 Å². The Morgan fingerprint density at radius 3 is 2.62 bits per heavy atom. The summed E-state index contributed by atoms with van der Waals surface area (Å²) in [6.45, 7) is 7.23. The molecule has 0 bridgehead atoms. The van der Waals surface area contributed by atoms with E-state index in [0.29, 0.717) is 29.2 Å². The van der Waals surface area contributed by atoms with Gasteiger partial charge in [0.25, 0.3) is 5.91 Å². The minimum absolute atomic E-state index is 0. The maximum atomic E-state index is 13.0. The normalized spacial score (nSPS) is 17.2. The lowest BCUT2D eigenvalue weighted by Crippen LogP contribution is -2.50. The van der Waals surface area contributed by atoms with Crippen molar-refractivity contribution in [1.82, 2.24) is 20.3 Å². The van der Waals surface area contributed by atoms with E-state index < -0.39 is 5.60 Å². The number of amides is 1. The van der Waals surface area contributed by atoms with E-state index in [2.05, 4.69) is 30.5 Å². The lowest BCUT2D eigenvalue weighted by molar-refractivity contribution is -0.132. The Labute approximate surface area is 191 Å². The Balaban J connectivity index is 0.00000245. The number of piperazine rings is 1. The lowest BCUT2D eigenvalue weighted by atomic mass is 10.1. The molecule has 1 saturated heterocycles. The quantitative estimate of drug-likeness (QED) is 0.611. The van der Waals surface area contributed by atoms with Crippen LogP contribution in [0.1, 0.15) is 13.8 Å². The molecule has 1 amide bonds. The van der Waals surface area contributed by atoms with E-state index in [0.717, 1.165) is 31.9 Å². The second-order valence-electron chi connectivity index (χ2n) is 7.85. The Kier molecular flexibility index (Phi) is 5.90. The van der Waals surface area contributed by atoms with Crippen LogP contribution in [0.3, 0.4) is 0 Å². The number of hydrogen-bond acceptors (Lipinski definition) is 9. The zero-order chi connectivity index (χ0) is 21.4. The van der Waals surface area contributed by atoms with E-state index in [1.165, 1.54) is 11.2 Å². The molecule has 1 fully saturated rings. The number of hydrogen-bond donors (Lipinski definition) is 2. The lowest BCUT2D eigenvalue weighted by Gasteiger charge is -2.36. The van der Waals surface area contributed by atoms with Crippen LogP contribution in [0.5, 0.6) is 5.75 Å². The summed E-state index contributed by atoms with van der Waals surface area (Å²) in [6, 6.07) is 7.32. The first-order valence-corrected chi connectivity index (χ1v) is 10.1. The van der Waals surface area contributed by atoms with Crippen LogP contribution in [0.25, 0.3) is 0 Å². The average Bonchev–Trinajstić information content (AvgIpc) is 3.30. The molecule has 0 spiro atoms. The van der Waals surface area contributed by atoms with E-state index in [4.69, 9.17) is 9.15 Å². The number of carbonyl (C=O) groups is 1. The summed E-state index contributed by atoms with van der Waals surface area (Å²) in [6.07, 6.45) is 4.88. The Hall–Kier alpha value is -3.37. The number of furan rings is 1. The van der Waals surface area contributed by atoms with Gasteiger partial charge in [0.1, 0.15) is 5.82 Å². The highest BCUT2D eigenvalue weighted by Gasteiger charge is 2.44. The number of ether oxygens (including phenoxy) is 1. The van der Waals surface area contributed by atoms with Crippen molar-refractivity contribution >= 4 is 47.5 Å². The molecule has 168 valence electrons. The molecule has 10 nitrogen and oxygen atoms in total. The van der Waals surface area contributed by atoms with Gasteiger partial charge in [-0.15, -0.1) is 12.4 Å². The summed E-state index contributed by atoms with van der Waals surface area (Å²) in [5, 5.41) is 6.44. The molecule has 0 aromatic carbocycles. The average molecular weight is 458 g/mol. The van der Waals surface area contributed by atoms with Crippen molar-refractivity contribution < 1.29 is 13.9 Å². The fraction of sp³-hybridized carbons (Fsp3) is 0.333. The molecule has 0 radical (unpaired) electrons. The molecule has 2 aliphatic rings. The molecule has 0 aliphatic carbocycles. The maximum Gasteiger partial charge on any atom is 0.278 e. The van der Waals surface area contributed by atoms with Gasteiger partial charge in [-0.05, 0) is 32.0 Å². The van der Waals surface area contributed by atoms with Gasteiger partial charge in [0, 0.05) is 32.2 Å². The van der Waals surface area contributed by atoms with Crippen molar-refractivity contribution in [2.24, 2.45) is 0 Å². The summed E-state index contributed by atoms with van der Waals surface area (Å²) < 4.78 is 11.3. The highest BCUT2D eigenvalue weighted by Crippen LogP contribution is 2.40. The SMILES string of the molecule is CC1(C)Oc2cnc(Nc3ccc(N4CCNCC4)cn3)nc2N(c2ccco2)C1=O.Cl. The van der Waals surface area contributed by atoms with Crippen molar-refractivity contribution in [3.8, 4) is 5.75 Å². The number of carbonyl (C=O) groups excluding carboxylic acids is 1. The number of pyridine rings is 1. The minimum Gasteiger partial charge on any atom is -0.472 e. The number of anilines is 5. The van der Waals surface area contributed by atoms with E-state index in [1.807, 2.05) is 18.3 Å². The molecule has 32 heavy (non-hydrogen) atoms. The fourth-order valence-electron chi connectivity index (χ4n) is 3.62. The highest BCUT2D eigenvalue weighted by atomic mass is 35.5. The van der Waals surface area contributed by atoms with Crippen LogP contribution < -0.4 is 25.2 Å². The molecule has 2 N–H and O–H groups in total. The first kappa shape index (κ1) is 21.8. The van der Waals surface area contributed by atoms with Crippen LogP contribution in [0.4, 0.5) is 29.2 Å². The van der Waals surface area contributed by atoms with Gasteiger partial charge >= 0.3 is 0 Å².